The Morgan fingerprint density at radius 2 is 2.07 bits per heavy atom. The molecule has 0 radical (unpaired) electrons. The van der Waals surface area contributed by atoms with Gasteiger partial charge in [0.2, 0.25) is 0 Å². The van der Waals surface area contributed by atoms with E-state index in [1.807, 2.05) is 19.4 Å². The summed E-state index contributed by atoms with van der Waals surface area (Å²) in [4.78, 5) is 35.3. The second-order valence-electron chi connectivity index (χ2n) is 5.90. The third kappa shape index (κ3) is 5.42. The fourth-order valence-corrected chi connectivity index (χ4v) is 3.16. The molecule has 0 saturated heterocycles. The molecule has 1 aromatic heterocycles. The Hall–Kier alpha value is -2.19. The minimum atomic E-state index is -0.997. The van der Waals surface area contributed by atoms with Crippen LogP contribution in [0, 0.1) is 0 Å². The molecular formula is C19H26ClN3O4S. The fourth-order valence-electron chi connectivity index (χ4n) is 2.49. The lowest BCUT2D eigenvalue weighted by molar-refractivity contribution is -0.164. The minimum Gasteiger partial charge on any atom is -0.463 e. The van der Waals surface area contributed by atoms with Crippen molar-refractivity contribution in [1.29, 1.82) is 0 Å². The monoisotopic (exact) mass is 427 g/mol. The second kappa shape index (κ2) is 11.0. The van der Waals surface area contributed by atoms with E-state index in [1.54, 1.807) is 24.9 Å². The lowest BCUT2D eigenvalue weighted by atomic mass is 9.97. The molecule has 154 valence electrons. The number of nitrogens with zero attached hydrogens (tertiary/aromatic N) is 3. The maximum atomic E-state index is 12.7. The van der Waals surface area contributed by atoms with E-state index in [1.165, 1.54) is 24.6 Å². The molecule has 0 amide bonds. The molecule has 9 heteroatoms. The Kier molecular flexibility index (Phi) is 9.34. The number of alkyl halides is 1. The molecule has 2 rings (SSSR count). The number of allylic oxidation sites excluding steroid dienone is 1. The largest absolute Gasteiger partial charge is 0.463 e. The quantitative estimate of drug-likeness (QED) is 0.393. The van der Waals surface area contributed by atoms with Crippen molar-refractivity contribution < 1.29 is 19.1 Å². The molecule has 0 N–H and O–H groups in total. The molecule has 2 atom stereocenters. The molecule has 0 fully saturated rings. The van der Waals surface area contributed by atoms with E-state index in [4.69, 9.17) is 9.47 Å². The van der Waals surface area contributed by atoms with Gasteiger partial charge in [0.15, 0.2) is 16.9 Å². The summed E-state index contributed by atoms with van der Waals surface area (Å²) >= 11 is 6.10. The Bertz CT molecular complexity index is 774. The Balaban J connectivity index is 0.00000190. The number of carbonyl (C=O) groups excluding carboxylic acids is 2. The second-order valence-corrected chi connectivity index (χ2v) is 6.79. The number of halogens is 1. The lowest BCUT2D eigenvalue weighted by Crippen LogP contribution is -2.38. The van der Waals surface area contributed by atoms with Crippen LogP contribution >= 0.6 is 22.9 Å². The van der Waals surface area contributed by atoms with Crippen LogP contribution < -0.4 is 0 Å². The van der Waals surface area contributed by atoms with Crippen LogP contribution in [0.25, 0.3) is 0 Å². The van der Waals surface area contributed by atoms with Crippen molar-refractivity contribution in [3.63, 3.8) is 0 Å². The van der Waals surface area contributed by atoms with E-state index in [0.29, 0.717) is 22.7 Å². The molecule has 1 aliphatic rings. The SMILES string of the molecule is C=C(C)[C@@H]1N=C(c2nccs2)N(C)C(C)=C1C(=O)OC(C)C(=O)OCC.CCl. The number of hydrogen-bond acceptors (Lipinski definition) is 8. The highest BCUT2D eigenvalue weighted by atomic mass is 35.5. The normalized spacial score (nSPS) is 17.2. The van der Waals surface area contributed by atoms with Gasteiger partial charge in [-0.1, -0.05) is 12.2 Å². The summed E-state index contributed by atoms with van der Waals surface area (Å²) in [5.41, 5.74) is 1.73. The zero-order valence-corrected chi connectivity index (χ0v) is 18.6. The highest BCUT2D eigenvalue weighted by molar-refractivity contribution is 7.11. The molecule has 1 aliphatic heterocycles. The van der Waals surface area contributed by atoms with Crippen LogP contribution in [0.3, 0.4) is 0 Å². The predicted molar refractivity (Wildman–Crippen MR) is 112 cm³/mol. The highest BCUT2D eigenvalue weighted by Gasteiger charge is 2.34. The van der Waals surface area contributed by atoms with Crippen LogP contribution in [-0.4, -0.2) is 59.8 Å². The van der Waals surface area contributed by atoms with Gasteiger partial charge >= 0.3 is 11.9 Å². The number of aliphatic imine (C=N–C) groups is 1. The first-order valence-corrected chi connectivity index (χ1v) is 10.2. The average Bonchev–Trinajstić information content (AvgIpc) is 3.19. The van der Waals surface area contributed by atoms with E-state index in [9.17, 15) is 9.59 Å². The Morgan fingerprint density at radius 3 is 2.57 bits per heavy atom. The Morgan fingerprint density at radius 1 is 1.43 bits per heavy atom. The molecule has 1 unspecified atom stereocenters. The van der Waals surface area contributed by atoms with Gasteiger partial charge in [-0.05, 0) is 27.7 Å². The van der Waals surface area contributed by atoms with Gasteiger partial charge in [0.1, 0.15) is 6.04 Å². The molecule has 0 saturated carbocycles. The van der Waals surface area contributed by atoms with Gasteiger partial charge in [-0.3, -0.25) is 4.99 Å². The van der Waals surface area contributed by atoms with E-state index in [-0.39, 0.29) is 6.61 Å². The van der Waals surface area contributed by atoms with Crippen molar-refractivity contribution in [3.05, 3.63) is 40.0 Å². The van der Waals surface area contributed by atoms with Crippen molar-refractivity contribution in [2.45, 2.75) is 39.8 Å². The van der Waals surface area contributed by atoms with Crippen molar-refractivity contribution in [3.8, 4) is 0 Å². The number of esters is 2. The van der Waals surface area contributed by atoms with E-state index in [2.05, 4.69) is 28.2 Å². The van der Waals surface area contributed by atoms with Gasteiger partial charge < -0.3 is 14.4 Å². The van der Waals surface area contributed by atoms with Crippen molar-refractivity contribution in [2.24, 2.45) is 4.99 Å². The van der Waals surface area contributed by atoms with Crippen LogP contribution in [-0.2, 0) is 19.1 Å². The topological polar surface area (TPSA) is 81.1 Å². The summed E-state index contributed by atoms with van der Waals surface area (Å²) in [6, 6.07) is -0.563. The maximum Gasteiger partial charge on any atom is 0.347 e. The summed E-state index contributed by atoms with van der Waals surface area (Å²) in [7, 11) is 1.81. The third-order valence-electron chi connectivity index (χ3n) is 3.95. The van der Waals surface area contributed by atoms with Gasteiger partial charge in [0.25, 0.3) is 0 Å². The van der Waals surface area contributed by atoms with Crippen molar-refractivity contribution in [1.82, 2.24) is 9.88 Å². The minimum absolute atomic E-state index is 0.223. The molecule has 1 aromatic rings. The van der Waals surface area contributed by atoms with Crippen molar-refractivity contribution >= 4 is 40.7 Å². The van der Waals surface area contributed by atoms with Crippen LogP contribution in [0.15, 0.2) is 40.0 Å². The van der Waals surface area contributed by atoms with Crippen LogP contribution in [0.1, 0.15) is 32.7 Å². The first kappa shape index (κ1) is 23.8. The van der Waals surface area contributed by atoms with E-state index < -0.39 is 24.1 Å². The standard InChI is InChI=1S/C18H23N3O4S.CH3Cl/c1-7-24-17(22)12(5)25-18(23)13-11(4)21(6)15(16-19-8-9-26-16)20-14(13)10(2)3;1-2/h8-9,12,14H,2,7H2,1,3-6H3;1H3/t12?,14-;/m0./s1. The molecule has 0 spiro atoms. The van der Waals surface area contributed by atoms with E-state index in [0.717, 1.165) is 5.01 Å². The van der Waals surface area contributed by atoms with Crippen LogP contribution in [0.4, 0.5) is 0 Å². The number of ether oxygens (including phenoxy) is 2. The number of thiazole rings is 1. The molecule has 0 aliphatic carbocycles. The molecule has 0 aromatic carbocycles. The number of carbonyl (C=O) groups is 2. The summed E-state index contributed by atoms with van der Waals surface area (Å²) < 4.78 is 10.2. The van der Waals surface area contributed by atoms with Crippen molar-refractivity contribution in [2.75, 3.05) is 20.0 Å². The Labute approximate surface area is 174 Å². The van der Waals surface area contributed by atoms with Gasteiger partial charge in [-0.25, -0.2) is 14.6 Å². The molecule has 7 nitrogen and oxygen atoms in total. The first-order chi connectivity index (χ1) is 13.3. The van der Waals surface area contributed by atoms with Crippen LogP contribution in [0.2, 0.25) is 0 Å². The van der Waals surface area contributed by atoms with Gasteiger partial charge in [-0.15, -0.1) is 22.9 Å². The zero-order valence-electron chi connectivity index (χ0n) is 17.0. The smallest absolute Gasteiger partial charge is 0.347 e. The number of rotatable bonds is 6. The summed E-state index contributed by atoms with van der Waals surface area (Å²) in [5.74, 6) is -0.521. The first-order valence-electron chi connectivity index (χ1n) is 8.60. The zero-order chi connectivity index (χ0) is 21.4. The highest BCUT2D eigenvalue weighted by Crippen LogP contribution is 2.29. The van der Waals surface area contributed by atoms with Gasteiger partial charge in [0, 0.05) is 30.7 Å². The van der Waals surface area contributed by atoms with Gasteiger partial charge in [-0.2, -0.15) is 0 Å². The fraction of sp³-hybridized carbons (Fsp3) is 0.474. The van der Waals surface area contributed by atoms with Gasteiger partial charge in [0.05, 0.1) is 12.2 Å². The molecular weight excluding hydrogens is 402 g/mol. The maximum absolute atomic E-state index is 12.7. The summed E-state index contributed by atoms with van der Waals surface area (Å²) in [6.07, 6.45) is 2.18. The van der Waals surface area contributed by atoms with Crippen LogP contribution in [0.5, 0.6) is 0 Å². The summed E-state index contributed by atoms with van der Waals surface area (Å²) in [5, 5.41) is 2.62. The molecule has 28 heavy (non-hydrogen) atoms. The summed E-state index contributed by atoms with van der Waals surface area (Å²) in [6.45, 7) is 11.0. The average molecular weight is 428 g/mol. The molecule has 0 bridgehead atoms. The molecule has 2 heterocycles. The third-order valence-corrected chi connectivity index (χ3v) is 4.72. The predicted octanol–water partition coefficient (Wildman–Crippen LogP) is 3.40. The number of amidine groups is 1. The lowest BCUT2D eigenvalue weighted by Gasteiger charge is -2.32. The number of aromatic nitrogens is 1. The van der Waals surface area contributed by atoms with E-state index >= 15 is 0 Å². The number of hydrogen-bond donors (Lipinski definition) is 0.